The Kier molecular flexibility index (Phi) is 5.20. The van der Waals surface area contributed by atoms with Crippen molar-refractivity contribution in [3.63, 3.8) is 0 Å². The van der Waals surface area contributed by atoms with Crippen LogP contribution in [0.25, 0.3) is 0 Å². The molecule has 2 nitrogen and oxygen atoms in total. The summed E-state index contributed by atoms with van der Waals surface area (Å²) in [6.45, 7) is 2.24. The zero-order valence-corrected chi connectivity index (χ0v) is 13.4. The number of fused-ring (bicyclic) bond motifs is 1. The Morgan fingerprint density at radius 2 is 1.81 bits per heavy atom. The predicted molar refractivity (Wildman–Crippen MR) is 87.6 cm³/mol. The number of piperidine rings is 1. The number of rotatable bonds is 4. The first-order valence-corrected chi connectivity index (χ1v) is 8.79. The summed E-state index contributed by atoms with van der Waals surface area (Å²) in [5.74, 6) is 0.917. The van der Waals surface area contributed by atoms with E-state index in [2.05, 4.69) is 4.90 Å². The molecule has 1 heterocycles. The molecule has 116 valence electrons. The van der Waals surface area contributed by atoms with Crippen LogP contribution in [0.5, 0.6) is 0 Å². The Bertz CT molecular complexity index is 445. The summed E-state index contributed by atoms with van der Waals surface area (Å²) in [6, 6.07) is 8.38. The van der Waals surface area contributed by atoms with E-state index in [9.17, 15) is 5.11 Å². The molecular formula is C18H26ClNO. The normalized spacial score (nSPS) is 28.1. The van der Waals surface area contributed by atoms with Gasteiger partial charge in [0, 0.05) is 17.6 Å². The minimum absolute atomic E-state index is 0.369. The van der Waals surface area contributed by atoms with Crippen LogP contribution >= 0.6 is 11.6 Å². The number of hydrogen-bond acceptors (Lipinski definition) is 2. The highest BCUT2D eigenvalue weighted by molar-refractivity contribution is 6.30. The van der Waals surface area contributed by atoms with Gasteiger partial charge in [-0.2, -0.15) is 0 Å². The SMILES string of the molecule is OC(CCN1CCCC2CCCCC21)c1ccc(Cl)cc1. The van der Waals surface area contributed by atoms with Gasteiger partial charge in [0.25, 0.3) is 0 Å². The summed E-state index contributed by atoms with van der Waals surface area (Å²) in [5.41, 5.74) is 0.983. The molecular weight excluding hydrogens is 282 g/mol. The largest absolute Gasteiger partial charge is 0.388 e. The van der Waals surface area contributed by atoms with Gasteiger partial charge in [-0.1, -0.05) is 36.6 Å². The van der Waals surface area contributed by atoms with Gasteiger partial charge < -0.3 is 10.0 Å². The third-order valence-electron chi connectivity index (χ3n) is 5.30. The molecule has 2 aliphatic rings. The lowest BCUT2D eigenvalue weighted by atomic mass is 9.78. The number of benzene rings is 1. The second kappa shape index (κ2) is 7.13. The molecule has 1 aliphatic heterocycles. The van der Waals surface area contributed by atoms with E-state index in [0.29, 0.717) is 0 Å². The zero-order valence-electron chi connectivity index (χ0n) is 12.7. The second-order valence-electron chi connectivity index (χ2n) is 6.65. The van der Waals surface area contributed by atoms with Crippen molar-refractivity contribution < 1.29 is 5.11 Å². The van der Waals surface area contributed by atoms with Crippen molar-refractivity contribution in [3.8, 4) is 0 Å². The lowest BCUT2D eigenvalue weighted by molar-refractivity contribution is 0.0456. The van der Waals surface area contributed by atoms with E-state index in [4.69, 9.17) is 11.6 Å². The van der Waals surface area contributed by atoms with Crippen molar-refractivity contribution in [1.82, 2.24) is 4.90 Å². The molecule has 3 atom stereocenters. The fourth-order valence-electron chi connectivity index (χ4n) is 4.15. The number of nitrogens with zero attached hydrogens (tertiary/aromatic N) is 1. The monoisotopic (exact) mass is 307 g/mol. The van der Waals surface area contributed by atoms with Gasteiger partial charge >= 0.3 is 0 Å². The van der Waals surface area contributed by atoms with Crippen molar-refractivity contribution in [3.05, 3.63) is 34.9 Å². The summed E-state index contributed by atoms with van der Waals surface area (Å²) < 4.78 is 0. The predicted octanol–water partition coefficient (Wildman–Crippen LogP) is 4.42. The molecule has 0 spiro atoms. The topological polar surface area (TPSA) is 23.5 Å². The van der Waals surface area contributed by atoms with Crippen LogP contribution in [0, 0.1) is 5.92 Å². The van der Waals surface area contributed by atoms with Crippen LogP contribution in [0.15, 0.2) is 24.3 Å². The number of aliphatic hydroxyl groups excluding tert-OH is 1. The lowest BCUT2D eigenvalue weighted by Crippen LogP contribution is -2.47. The molecule has 0 amide bonds. The van der Waals surface area contributed by atoms with Gasteiger partial charge in [0.2, 0.25) is 0 Å². The van der Waals surface area contributed by atoms with Gasteiger partial charge in [0.15, 0.2) is 0 Å². The van der Waals surface area contributed by atoms with Crippen molar-refractivity contribution in [2.24, 2.45) is 5.92 Å². The summed E-state index contributed by atoms with van der Waals surface area (Å²) in [6.07, 6.45) is 8.79. The molecule has 0 aromatic heterocycles. The molecule has 3 rings (SSSR count). The standard InChI is InChI=1S/C18H26ClNO/c19-16-9-7-15(8-10-16)18(21)11-13-20-12-3-5-14-4-1-2-6-17(14)20/h7-10,14,17-18,21H,1-6,11-13H2. The first-order valence-electron chi connectivity index (χ1n) is 8.41. The van der Waals surface area contributed by atoms with Crippen LogP contribution in [-0.2, 0) is 0 Å². The van der Waals surface area contributed by atoms with Crippen LogP contribution in [-0.4, -0.2) is 29.1 Å². The van der Waals surface area contributed by atoms with Gasteiger partial charge in [0.05, 0.1) is 6.10 Å². The smallest absolute Gasteiger partial charge is 0.0802 e. The number of likely N-dealkylation sites (tertiary alicyclic amines) is 1. The van der Waals surface area contributed by atoms with Gasteiger partial charge in [-0.15, -0.1) is 0 Å². The Morgan fingerprint density at radius 3 is 2.62 bits per heavy atom. The highest BCUT2D eigenvalue weighted by atomic mass is 35.5. The van der Waals surface area contributed by atoms with E-state index in [-0.39, 0.29) is 6.10 Å². The van der Waals surface area contributed by atoms with Crippen LogP contribution in [0.1, 0.15) is 56.6 Å². The summed E-state index contributed by atoms with van der Waals surface area (Å²) in [7, 11) is 0. The third kappa shape index (κ3) is 3.80. The van der Waals surface area contributed by atoms with E-state index < -0.39 is 0 Å². The average molecular weight is 308 g/mol. The van der Waals surface area contributed by atoms with Gasteiger partial charge in [-0.25, -0.2) is 0 Å². The Labute approximate surface area is 133 Å². The van der Waals surface area contributed by atoms with Crippen LogP contribution in [0.4, 0.5) is 0 Å². The van der Waals surface area contributed by atoms with Crippen molar-refractivity contribution in [2.45, 2.75) is 57.1 Å². The number of hydrogen-bond donors (Lipinski definition) is 1. The highest BCUT2D eigenvalue weighted by Gasteiger charge is 2.32. The van der Waals surface area contributed by atoms with E-state index in [1.807, 2.05) is 24.3 Å². The average Bonchev–Trinajstić information content (AvgIpc) is 2.53. The molecule has 21 heavy (non-hydrogen) atoms. The molecule has 3 unspecified atom stereocenters. The minimum Gasteiger partial charge on any atom is -0.388 e. The Hall–Kier alpha value is -0.570. The van der Waals surface area contributed by atoms with E-state index in [1.165, 1.54) is 45.1 Å². The number of halogens is 1. The number of aliphatic hydroxyl groups is 1. The fraction of sp³-hybridized carbons (Fsp3) is 0.667. The molecule has 0 radical (unpaired) electrons. The minimum atomic E-state index is -0.369. The van der Waals surface area contributed by atoms with Crippen LogP contribution < -0.4 is 0 Å². The van der Waals surface area contributed by atoms with E-state index >= 15 is 0 Å². The Morgan fingerprint density at radius 1 is 1.10 bits per heavy atom. The maximum absolute atomic E-state index is 10.4. The van der Waals surface area contributed by atoms with Gasteiger partial charge in [-0.3, -0.25) is 0 Å². The molecule has 1 aromatic rings. The quantitative estimate of drug-likeness (QED) is 0.890. The first-order chi connectivity index (χ1) is 10.2. The van der Waals surface area contributed by atoms with Crippen LogP contribution in [0.3, 0.4) is 0 Å². The molecule has 3 heteroatoms. The molecule has 1 saturated heterocycles. The highest BCUT2D eigenvalue weighted by Crippen LogP contribution is 2.35. The van der Waals surface area contributed by atoms with E-state index in [1.54, 1.807) is 0 Å². The van der Waals surface area contributed by atoms with Crippen LogP contribution in [0.2, 0.25) is 5.02 Å². The maximum atomic E-state index is 10.4. The van der Waals surface area contributed by atoms with Gasteiger partial charge in [0.1, 0.15) is 0 Å². The van der Waals surface area contributed by atoms with E-state index in [0.717, 1.165) is 35.5 Å². The van der Waals surface area contributed by atoms with Gasteiger partial charge in [-0.05, 0) is 62.3 Å². The summed E-state index contributed by atoms with van der Waals surface area (Å²) in [5, 5.41) is 11.1. The fourth-order valence-corrected chi connectivity index (χ4v) is 4.27. The second-order valence-corrected chi connectivity index (χ2v) is 7.08. The van der Waals surface area contributed by atoms with Crippen molar-refractivity contribution >= 4 is 11.6 Å². The Balaban J connectivity index is 1.55. The molecule has 1 N–H and O–H groups in total. The first kappa shape index (κ1) is 15.3. The molecule has 1 aromatic carbocycles. The molecule has 0 bridgehead atoms. The summed E-state index contributed by atoms with van der Waals surface area (Å²) in [4.78, 5) is 2.65. The molecule has 1 aliphatic carbocycles. The molecule has 1 saturated carbocycles. The third-order valence-corrected chi connectivity index (χ3v) is 5.55. The lowest BCUT2D eigenvalue weighted by Gasteiger charge is -2.44. The zero-order chi connectivity index (χ0) is 14.7. The molecule has 2 fully saturated rings. The van der Waals surface area contributed by atoms with Crippen molar-refractivity contribution in [1.29, 1.82) is 0 Å². The maximum Gasteiger partial charge on any atom is 0.0802 e. The van der Waals surface area contributed by atoms with Crippen molar-refractivity contribution in [2.75, 3.05) is 13.1 Å². The summed E-state index contributed by atoms with van der Waals surface area (Å²) >= 11 is 5.90.